The fourth-order valence-electron chi connectivity index (χ4n) is 2.49. The van der Waals surface area contributed by atoms with Gasteiger partial charge in [-0.3, -0.25) is 9.20 Å². The highest BCUT2D eigenvalue weighted by atomic mass is 35.5. The highest BCUT2D eigenvalue weighted by Crippen LogP contribution is 2.26. The lowest BCUT2D eigenvalue weighted by Crippen LogP contribution is -2.12. The van der Waals surface area contributed by atoms with Crippen molar-refractivity contribution in [2.45, 2.75) is 0 Å². The highest BCUT2D eigenvalue weighted by Gasteiger charge is 2.14. The molecule has 4 rings (SSSR count). The van der Waals surface area contributed by atoms with Crippen molar-refractivity contribution in [3.63, 3.8) is 0 Å². The van der Waals surface area contributed by atoms with Crippen LogP contribution in [0.25, 0.3) is 16.2 Å². The zero-order valence-corrected chi connectivity index (χ0v) is 15.4. The Kier molecular flexibility index (Phi) is 4.40. The van der Waals surface area contributed by atoms with Crippen LogP contribution in [0.15, 0.2) is 54.2 Å². The SMILES string of the molecule is O=C(Nc1ccc(-c2cn3ccsc3n2)cc1)c1cc(F)c(Cl)cc1Cl. The van der Waals surface area contributed by atoms with Crippen molar-refractivity contribution in [1.29, 1.82) is 0 Å². The van der Waals surface area contributed by atoms with Crippen molar-refractivity contribution < 1.29 is 9.18 Å². The van der Waals surface area contributed by atoms with E-state index in [1.54, 1.807) is 23.5 Å². The third-order valence-electron chi connectivity index (χ3n) is 3.79. The lowest BCUT2D eigenvalue weighted by atomic mass is 10.1. The quantitative estimate of drug-likeness (QED) is 0.440. The minimum atomic E-state index is -0.698. The molecule has 0 saturated heterocycles. The van der Waals surface area contributed by atoms with Crippen molar-refractivity contribution in [3.05, 3.63) is 75.6 Å². The Morgan fingerprint density at radius 1 is 1.15 bits per heavy atom. The largest absolute Gasteiger partial charge is 0.322 e. The van der Waals surface area contributed by atoms with E-state index in [0.717, 1.165) is 22.3 Å². The van der Waals surface area contributed by atoms with E-state index >= 15 is 0 Å². The van der Waals surface area contributed by atoms with E-state index in [9.17, 15) is 9.18 Å². The van der Waals surface area contributed by atoms with Gasteiger partial charge < -0.3 is 5.32 Å². The minimum Gasteiger partial charge on any atom is -0.322 e. The topological polar surface area (TPSA) is 46.4 Å². The summed E-state index contributed by atoms with van der Waals surface area (Å²) in [5, 5.41) is 4.61. The highest BCUT2D eigenvalue weighted by molar-refractivity contribution is 7.15. The van der Waals surface area contributed by atoms with Crippen LogP contribution in [0, 0.1) is 5.82 Å². The maximum absolute atomic E-state index is 13.6. The Bertz CT molecular complexity index is 1090. The number of fused-ring (bicyclic) bond motifs is 1. The van der Waals surface area contributed by atoms with Crippen LogP contribution in [0.1, 0.15) is 10.4 Å². The number of aromatic nitrogens is 2. The molecule has 0 spiro atoms. The maximum Gasteiger partial charge on any atom is 0.257 e. The zero-order valence-electron chi connectivity index (χ0n) is 13.0. The number of benzene rings is 2. The number of halogens is 3. The second-order valence-corrected chi connectivity index (χ2v) is 7.18. The van der Waals surface area contributed by atoms with E-state index in [0.29, 0.717) is 5.69 Å². The van der Waals surface area contributed by atoms with Crippen LogP contribution in [0.4, 0.5) is 10.1 Å². The van der Waals surface area contributed by atoms with Gasteiger partial charge in [0.25, 0.3) is 5.91 Å². The molecule has 1 amide bonds. The molecule has 0 saturated carbocycles. The van der Waals surface area contributed by atoms with Gasteiger partial charge in [-0.05, 0) is 24.3 Å². The first kappa shape index (κ1) is 17.0. The van der Waals surface area contributed by atoms with Gasteiger partial charge in [0.15, 0.2) is 4.96 Å². The number of carbonyl (C=O) groups excluding carboxylic acids is 1. The van der Waals surface area contributed by atoms with Crippen LogP contribution in [-0.4, -0.2) is 15.3 Å². The van der Waals surface area contributed by atoms with E-state index in [-0.39, 0.29) is 15.6 Å². The van der Waals surface area contributed by atoms with Gasteiger partial charge >= 0.3 is 0 Å². The van der Waals surface area contributed by atoms with Gasteiger partial charge in [0.05, 0.1) is 21.3 Å². The summed E-state index contributed by atoms with van der Waals surface area (Å²) in [7, 11) is 0. The number of anilines is 1. The number of nitrogens with zero attached hydrogens (tertiary/aromatic N) is 2. The molecule has 2 heterocycles. The molecule has 4 aromatic rings. The molecule has 2 aromatic carbocycles. The van der Waals surface area contributed by atoms with Gasteiger partial charge in [-0.2, -0.15) is 0 Å². The summed E-state index contributed by atoms with van der Waals surface area (Å²) in [6.07, 6.45) is 3.88. The molecule has 0 aliphatic heterocycles. The van der Waals surface area contributed by atoms with Crippen LogP contribution in [0.3, 0.4) is 0 Å². The first-order valence-electron chi connectivity index (χ1n) is 7.50. The monoisotopic (exact) mass is 405 g/mol. The predicted octanol–water partition coefficient (Wildman–Crippen LogP) is 5.76. The Hall–Kier alpha value is -2.41. The fraction of sp³-hybridized carbons (Fsp3) is 0. The summed E-state index contributed by atoms with van der Waals surface area (Å²) >= 11 is 13.2. The molecular formula is C18H10Cl2FN3OS. The molecule has 1 N–H and O–H groups in total. The second-order valence-electron chi connectivity index (χ2n) is 5.50. The molecule has 130 valence electrons. The van der Waals surface area contributed by atoms with Gasteiger partial charge in [0.1, 0.15) is 5.82 Å². The van der Waals surface area contributed by atoms with E-state index in [4.69, 9.17) is 23.2 Å². The van der Waals surface area contributed by atoms with Crippen LogP contribution >= 0.6 is 34.5 Å². The Balaban J connectivity index is 1.55. The maximum atomic E-state index is 13.6. The van der Waals surface area contributed by atoms with Gasteiger partial charge in [-0.25, -0.2) is 9.37 Å². The lowest BCUT2D eigenvalue weighted by Gasteiger charge is -2.08. The van der Waals surface area contributed by atoms with Gasteiger partial charge in [0.2, 0.25) is 0 Å². The molecule has 0 unspecified atom stereocenters. The molecular weight excluding hydrogens is 396 g/mol. The number of imidazole rings is 1. The molecule has 4 nitrogen and oxygen atoms in total. The number of thiazole rings is 1. The normalized spacial score (nSPS) is 11.0. The van der Waals surface area contributed by atoms with Crippen LogP contribution in [-0.2, 0) is 0 Å². The van der Waals surface area contributed by atoms with Crippen LogP contribution < -0.4 is 5.32 Å². The zero-order chi connectivity index (χ0) is 18.3. The summed E-state index contributed by atoms with van der Waals surface area (Å²) in [4.78, 5) is 17.8. The molecule has 26 heavy (non-hydrogen) atoms. The first-order chi connectivity index (χ1) is 12.5. The van der Waals surface area contributed by atoms with Crippen molar-refractivity contribution >= 4 is 51.1 Å². The molecule has 0 aliphatic rings. The average molecular weight is 406 g/mol. The van der Waals surface area contributed by atoms with Crippen molar-refractivity contribution in [3.8, 4) is 11.3 Å². The Morgan fingerprint density at radius 3 is 2.65 bits per heavy atom. The molecule has 2 aromatic heterocycles. The van der Waals surface area contributed by atoms with Crippen molar-refractivity contribution in [1.82, 2.24) is 9.38 Å². The Labute approximate surface area is 161 Å². The smallest absolute Gasteiger partial charge is 0.257 e. The van der Waals surface area contributed by atoms with E-state index < -0.39 is 11.7 Å². The third kappa shape index (κ3) is 3.19. The van der Waals surface area contributed by atoms with Gasteiger partial charge in [0, 0.05) is 29.0 Å². The van der Waals surface area contributed by atoms with Crippen LogP contribution in [0.5, 0.6) is 0 Å². The predicted molar refractivity (Wildman–Crippen MR) is 103 cm³/mol. The number of hydrogen-bond acceptors (Lipinski definition) is 3. The summed E-state index contributed by atoms with van der Waals surface area (Å²) < 4.78 is 15.5. The summed E-state index contributed by atoms with van der Waals surface area (Å²) in [5.41, 5.74) is 2.35. The molecule has 0 atom stereocenters. The van der Waals surface area contributed by atoms with Gasteiger partial charge in [-0.1, -0.05) is 35.3 Å². The number of carbonyl (C=O) groups is 1. The first-order valence-corrected chi connectivity index (χ1v) is 9.13. The molecule has 0 radical (unpaired) electrons. The molecule has 0 aliphatic carbocycles. The fourth-order valence-corrected chi connectivity index (χ4v) is 3.65. The van der Waals surface area contributed by atoms with E-state index in [1.807, 2.05) is 34.3 Å². The van der Waals surface area contributed by atoms with Crippen LogP contribution in [0.2, 0.25) is 10.0 Å². The number of amides is 1. The molecule has 0 fully saturated rings. The summed E-state index contributed by atoms with van der Waals surface area (Å²) in [6, 6.07) is 9.44. The lowest BCUT2D eigenvalue weighted by molar-refractivity contribution is 0.102. The summed E-state index contributed by atoms with van der Waals surface area (Å²) in [5.74, 6) is -1.21. The van der Waals surface area contributed by atoms with E-state index in [2.05, 4.69) is 10.3 Å². The number of rotatable bonds is 3. The summed E-state index contributed by atoms with van der Waals surface area (Å²) in [6.45, 7) is 0. The minimum absolute atomic E-state index is 0.0204. The second kappa shape index (κ2) is 6.72. The number of hydrogen-bond donors (Lipinski definition) is 1. The van der Waals surface area contributed by atoms with Gasteiger partial charge in [-0.15, -0.1) is 11.3 Å². The van der Waals surface area contributed by atoms with E-state index in [1.165, 1.54) is 6.07 Å². The average Bonchev–Trinajstić information content (AvgIpc) is 3.20. The standard InChI is InChI=1S/C18H10Cl2FN3OS/c19-13-8-14(20)15(21)7-12(13)17(25)22-11-3-1-10(2-4-11)16-9-24-5-6-26-18(24)23-16/h1-9H,(H,22,25). The van der Waals surface area contributed by atoms with Crippen molar-refractivity contribution in [2.24, 2.45) is 0 Å². The third-order valence-corrected chi connectivity index (χ3v) is 5.16. The Morgan fingerprint density at radius 2 is 1.92 bits per heavy atom. The molecule has 8 heteroatoms. The number of nitrogens with one attached hydrogen (secondary N) is 1. The van der Waals surface area contributed by atoms with Crippen molar-refractivity contribution in [2.75, 3.05) is 5.32 Å². The molecule has 0 bridgehead atoms.